The van der Waals surface area contributed by atoms with Crippen molar-refractivity contribution in [2.24, 2.45) is 0 Å². The van der Waals surface area contributed by atoms with Crippen LogP contribution in [0.4, 0.5) is 16.4 Å². The average Bonchev–Trinajstić information content (AvgIpc) is 2.59. The Kier molecular flexibility index (Phi) is 4.87. The highest BCUT2D eigenvalue weighted by Crippen LogP contribution is 2.32. The number of carbonyl (C=O) groups excluding carboxylic acids is 1. The summed E-state index contributed by atoms with van der Waals surface area (Å²) < 4.78 is 11.0. The van der Waals surface area contributed by atoms with Gasteiger partial charge in [0.1, 0.15) is 13.2 Å². The Hall–Kier alpha value is -3.03. The molecule has 0 atom stereocenters. The van der Waals surface area contributed by atoms with Crippen LogP contribution in [0.1, 0.15) is 11.4 Å². The van der Waals surface area contributed by atoms with Crippen LogP contribution < -0.4 is 25.0 Å². The van der Waals surface area contributed by atoms with Crippen molar-refractivity contribution in [3.05, 3.63) is 35.7 Å². The first-order chi connectivity index (χ1) is 12.0. The Morgan fingerprint density at radius 3 is 2.68 bits per heavy atom. The minimum Gasteiger partial charge on any atom is -0.486 e. The van der Waals surface area contributed by atoms with Crippen molar-refractivity contribution in [2.45, 2.75) is 13.5 Å². The highest BCUT2D eigenvalue weighted by Gasteiger charge is 2.13. The fourth-order valence-electron chi connectivity index (χ4n) is 2.37. The highest BCUT2D eigenvalue weighted by molar-refractivity contribution is 5.89. The summed E-state index contributed by atoms with van der Waals surface area (Å²) in [5, 5.41) is 5.56. The van der Waals surface area contributed by atoms with Gasteiger partial charge in [-0.25, -0.2) is 14.8 Å². The van der Waals surface area contributed by atoms with Crippen LogP contribution in [0.25, 0.3) is 0 Å². The van der Waals surface area contributed by atoms with Crippen LogP contribution >= 0.6 is 0 Å². The van der Waals surface area contributed by atoms with E-state index in [-0.39, 0.29) is 6.03 Å². The van der Waals surface area contributed by atoms with E-state index >= 15 is 0 Å². The van der Waals surface area contributed by atoms with Gasteiger partial charge in [0.15, 0.2) is 11.5 Å². The number of amides is 2. The number of fused-ring (bicyclic) bond motifs is 1. The first-order valence-electron chi connectivity index (χ1n) is 7.97. The standard InChI is InChI=1S/C17H21N5O3/c1-11-8-13(20-16(19-11)22(2)3)10-18-17(23)21-12-4-5-14-15(9-12)25-7-6-24-14/h4-5,8-9H,6-7,10H2,1-3H3,(H2,18,21,23). The molecule has 0 spiro atoms. The van der Waals surface area contributed by atoms with Gasteiger partial charge in [-0.1, -0.05) is 0 Å². The molecule has 1 aromatic heterocycles. The molecule has 25 heavy (non-hydrogen) atoms. The van der Waals surface area contributed by atoms with Crippen molar-refractivity contribution in [2.75, 3.05) is 37.5 Å². The number of hydrogen-bond acceptors (Lipinski definition) is 6. The number of urea groups is 1. The third-order valence-corrected chi connectivity index (χ3v) is 3.53. The van der Waals surface area contributed by atoms with E-state index in [0.29, 0.717) is 42.9 Å². The van der Waals surface area contributed by atoms with Crippen LogP contribution in [-0.4, -0.2) is 43.3 Å². The quantitative estimate of drug-likeness (QED) is 0.882. The zero-order valence-electron chi connectivity index (χ0n) is 14.5. The molecule has 0 aliphatic carbocycles. The molecule has 8 nitrogen and oxygen atoms in total. The summed E-state index contributed by atoms with van der Waals surface area (Å²) in [6.45, 7) is 3.24. The molecule has 1 aliphatic heterocycles. The number of nitrogens with zero attached hydrogens (tertiary/aromatic N) is 3. The van der Waals surface area contributed by atoms with E-state index < -0.39 is 0 Å². The van der Waals surface area contributed by atoms with Gasteiger partial charge in [0.25, 0.3) is 0 Å². The maximum absolute atomic E-state index is 12.1. The number of nitrogens with one attached hydrogen (secondary N) is 2. The maximum atomic E-state index is 12.1. The summed E-state index contributed by atoms with van der Waals surface area (Å²) in [7, 11) is 3.75. The molecule has 0 saturated heterocycles. The Balaban J connectivity index is 1.60. The van der Waals surface area contributed by atoms with Crippen LogP contribution in [0, 0.1) is 6.92 Å². The van der Waals surface area contributed by atoms with E-state index in [1.807, 2.05) is 32.0 Å². The van der Waals surface area contributed by atoms with Crippen LogP contribution in [0.5, 0.6) is 11.5 Å². The summed E-state index contributed by atoms with van der Waals surface area (Å²) in [6, 6.07) is 6.82. The summed E-state index contributed by atoms with van der Waals surface area (Å²) in [6.07, 6.45) is 0. The molecule has 0 bridgehead atoms. The molecular formula is C17H21N5O3. The molecule has 132 valence electrons. The SMILES string of the molecule is Cc1cc(CNC(=O)Nc2ccc3c(c2)OCCO3)nc(N(C)C)n1. The lowest BCUT2D eigenvalue weighted by atomic mass is 10.2. The number of anilines is 2. The predicted molar refractivity (Wildman–Crippen MR) is 94.4 cm³/mol. The summed E-state index contributed by atoms with van der Waals surface area (Å²) >= 11 is 0. The third-order valence-electron chi connectivity index (χ3n) is 3.53. The first kappa shape index (κ1) is 16.8. The Labute approximate surface area is 146 Å². The van der Waals surface area contributed by atoms with E-state index in [4.69, 9.17) is 9.47 Å². The summed E-state index contributed by atoms with van der Waals surface area (Å²) in [4.78, 5) is 22.7. The fourth-order valence-corrected chi connectivity index (χ4v) is 2.37. The molecule has 8 heteroatoms. The van der Waals surface area contributed by atoms with Crippen molar-refractivity contribution in [3.63, 3.8) is 0 Å². The van der Waals surface area contributed by atoms with Crippen molar-refractivity contribution in [1.82, 2.24) is 15.3 Å². The number of benzene rings is 1. The lowest BCUT2D eigenvalue weighted by Gasteiger charge is -2.19. The molecule has 2 heterocycles. The van der Waals surface area contributed by atoms with E-state index in [1.54, 1.807) is 18.2 Å². The van der Waals surface area contributed by atoms with Crippen LogP contribution in [0.3, 0.4) is 0 Å². The van der Waals surface area contributed by atoms with Gasteiger partial charge in [0.05, 0.1) is 12.2 Å². The number of aryl methyl sites for hydroxylation is 1. The van der Waals surface area contributed by atoms with Crippen molar-refractivity contribution < 1.29 is 14.3 Å². The molecule has 0 saturated carbocycles. The molecule has 2 N–H and O–H groups in total. The molecule has 3 rings (SSSR count). The number of rotatable bonds is 4. The van der Waals surface area contributed by atoms with Crippen LogP contribution in [-0.2, 0) is 6.54 Å². The minimum absolute atomic E-state index is 0.306. The largest absolute Gasteiger partial charge is 0.486 e. The van der Waals surface area contributed by atoms with Crippen molar-refractivity contribution in [3.8, 4) is 11.5 Å². The van der Waals surface area contributed by atoms with Crippen LogP contribution in [0.15, 0.2) is 24.3 Å². The van der Waals surface area contributed by atoms with Gasteiger partial charge in [-0.15, -0.1) is 0 Å². The number of ether oxygens (including phenoxy) is 2. The number of carbonyl (C=O) groups is 1. The smallest absolute Gasteiger partial charge is 0.319 e. The van der Waals surface area contributed by atoms with E-state index in [1.165, 1.54) is 0 Å². The van der Waals surface area contributed by atoms with Gasteiger partial charge in [0, 0.05) is 31.5 Å². The van der Waals surface area contributed by atoms with Gasteiger partial charge in [-0.3, -0.25) is 0 Å². The minimum atomic E-state index is -0.320. The van der Waals surface area contributed by atoms with Gasteiger partial charge in [-0.05, 0) is 25.1 Å². The summed E-state index contributed by atoms with van der Waals surface area (Å²) in [5.41, 5.74) is 2.23. The molecule has 2 amide bonds. The van der Waals surface area contributed by atoms with Gasteiger partial charge in [0.2, 0.25) is 5.95 Å². The summed E-state index contributed by atoms with van der Waals surface area (Å²) in [5.74, 6) is 1.93. The van der Waals surface area contributed by atoms with Crippen molar-refractivity contribution >= 4 is 17.7 Å². The second-order valence-electron chi connectivity index (χ2n) is 5.86. The Morgan fingerprint density at radius 1 is 1.16 bits per heavy atom. The van der Waals surface area contributed by atoms with Gasteiger partial charge >= 0.3 is 6.03 Å². The van der Waals surface area contributed by atoms with E-state index in [9.17, 15) is 4.79 Å². The van der Waals surface area contributed by atoms with Gasteiger partial charge < -0.3 is 25.0 Å². The molecule has 1 aliphatic rings. The number of hydrogen-bond donors (Lipinski definition) is 2. The zero-order valence-corrected chi connectivity index (χ0v) is 14.5. The highest BCUT2D eigenvalue weighted by atomic mass is 16.6. The first-order valence-corrected chi connectivity index (χ1v) is 7.97. The monoisotopic (exact) mass is 343 g/mol. The van der Waals surface area contributed by atoms with Gasteiger partial charge in [-0.2, -0.15) is 0 Å². The second-order valence-corrected chi connectivity index (χ2v) is 5.86. The zero-order chi connectivity index (χ0) is 17.8. The van der Waals surface area contributed by atoms with E-state index in [2.05, 4.69) is 20.6 Å². The topological polar surface area (TPSA) is 88.6 Å². The third kappa shape index (κ3) is 4.28. The fraction of sp³-hybridized carbons (Fsp3) is 0.353. The molecule has 1 aromatic carbocycles. The average molecular weight is 343 g/mol. The maximum Gasteiger partial charge on any atom is 0.319 e. The molecule has 0 radical (unpaired) electrons. The predicted octanol–water partition coefficient (Wildman–Crippen LogP) is 1.94. The van der Waals surface area contributed by atoms with E-state index in [0.717, 1.165) is 11.4 Å². The Morgan fingerprint density at radius 2 is 1.92 bits per heavy atom. The lowest BCUT2D eigenvalue weighted by molar-refractivity contribution is 0.171. The van der Waals surface area contributed by atoms with Crippen LogP contribution in [0.2, 0.25) is 0 Å². The second kappa shape index (κ2) is 7.25. The normalized spacial score (nSPS) is 12.4. The molecular weight excluding hydrogens is 322 g/mol. The van der Waals surface area contributed by atoms with Crippen molar-refractivity contribution in [1.29, 1.82) is 0 Å². The molecule has 0 unspecified atom stereocenters. The lowest BCUT2D eigenvalue weighted by Crippen LogP contribution is -2.29. The molecule has 2 aromatic rings. The molecule has 0 fully saturated rings. The Bertz CT molecular complexity index is 779. The number of aromatic nitrogens is 2.